The van der Waals surface area contributed by atoms with Crippen LogP contribution in [-0.4, -0.2) is 51.3 Å². The molecule has 1 fully saturated rings. The number of para-hydroxylation sites is 1. The summed E-state index contributed by atoms with van der Waals surface area (Å²) in [5.41, 5.74) is 8.01. The summed E-state index contributed by atoms with van der Waals surface area (Å²) >= 11 is 0. The number of nitrogens with one attached hydrogen (secondary N) is 1. The highest BCUT2D eigenvalue weighted by atomic mass is 19.1. The van der Waals surface area contributed by atoms with Crippen molar-refractivity contribution >= 4 is 11.5 Å². The topological polar surface area (TPSA) is 105 Å². The van der Waals surface area contributed by atoms with Crippen molar-refractivity contribution < 1.29 is 9.50 Å². The zero-order chi connectivity index (χ0) is 18.1. The van der Waals surface area contributed by atoms with Crippen molar-refractivity contribution in [3.05, 3.63) is 42.5 Å². The summed E-state index contributed by atoms with van der Waals surface area (Å²) in [5, 5.41) is 25.5. The molecule has 1 aliphatic rings. The number of hydrogen-bond donors (Lipinski definition) is 3. The summed E-state index contributed by atoms with van der Waals surface area (Å²) in [4.78, 5) is 2.23. The second-order valence-electron chi connectivity index (χ2n) is 6.02. The van der Waals surface area contributed by atoms with Gasteiger partial charge < -0.3 is 21.1 Å². The van der Waals surface area contributed by atoms with Gasteiger partial charge in [-0.1, -0.05) is 6.07 Å². The Labute approximate surface area is 149 Å². The molecule has 1 aliphatic heterocycles. The lowest BCUT2D eigenvalue weighted by Gasteiger charge is -2.27. The molecule has 3 aromatic rings. The molecule has 0 radical (unpaired) electrons. The zero-order valence-electron chi connectivity index (χ0n) is 13.9. The van der Waals surface area contributed by atoms with Crippen molar-refractivity contribution in [2.75, 3.05) is 36.8 Å². The van der Waals surface area contributed by atoms with E-state index in [2.05, 4.69) is 25.5 Å². The average molecular weight is 355 g/mol. The fraction of sp³-hybridized carbons (Fsp3) is 0.235. The maximum Gasteiger partial charge on any atom is 0.172 e. The molecule has 9 heteroatoms. The molecule has 1 aromatic carbocycles. The number of aromatic nitrogens is 4. The molecule has 0 atom stereocenters. The van der Waals surface area contributed by atoms with Crippen LogP contribution in [0, 0.1) is 5.82 Å². The third-order valence-electron chi connectivity index (χ3n) is 4.36. The first kappa shape index (κ1) is 16.3. The summed E-state index contributed by atoms with van der Waals surface area (Å²) in [6.45, 7) is 3.65. The molecular formula is C17H18FN7O. The van der Waals surface area contributed by atoms with Gasteiger partial charge in [-0.25, -0.2) is 9.07 Å². The number of rotatable bonds is 3. The van der Waals surface area contributed by atoms with Gasteiger partial charge in [0.05, 0.1) is 23.8 Å². The average Bonchev–Trinajstić information content (AvgIpc) is 3.15. The minimum absolute atomic E-state index is 0.194. The summed E-state index contributed by atoms with van der Waals surface area (Å²) in [5.74, 6) is -0.998. The maximum atomic E-state index is 13.6. The fourth-order valence-corrected chi connectivity index (χ4v) is 2.96. The number of piperazine rings is 1. The van der Waals surface area contributed by atoms with Crippen LogP contribution >= 0.6 is 0 Å². The van der Waals surface area contributed by atoms with Crippen LogP contribution in [0.15, 0.2) is 36.7 Å². The minimum Gasteiger partial charge on any atom is -0.504 e. The number of phenolic OH excluding ortho intramolecular Hbond substituents is 1. The number of hydrogen-bond acceptors (Lipinski definition) is 7. The second-order valence-corrected chi connectivity index (χ2v) is 6.02. The van der Waals surface area contributed by atoms with Gasteiger partial charge in [-0.2, -0.15) is 5.10 Å². The van der Waals surface area contributed by atoms with Gasteiger partial charge in [0.15, 0.2) is 17.4 Å². The molecule has 0 saturated carbocycles. The van der Waals surface area contributed by atoms with Gasteiger partial charge >= 0.3 is 0 Å². The number of aromatic hydroxyl groups is 1. The van der Waals surface area contributed by atoms with Crippen LogP contribution in [-0.2, 0) is 0 Å². The van der Waals surface area contributed by atoms with E-state index in [1.165, 1.54) is 12.1 Å². The standard InChI is InChI=1S/C17H18FN7O/c18-13-3-1-2-12(16(13)26)14-8-15(17(19)23-22-14)25-10-11(9-21-25)24-6-4-20-5-7-24/h1-3,8-10,20,26H,4-7H2,(H2,19,23). The summed E-state index contributed by atoms with van der Waals surface area (Å²) in [7, 11) is 0. The van der Waals surface area contributed by atoms with Crippen LogP contribution in [0.25, 0.3) is 16.9 Å². The van der Waals surface area contributed by atoms with Crippen LogP contribution in [0.3, 0.4) is 0 Å². The Bertz CT molecular complexity index is 937. The van der Waals surface area contributed by atoms with E-state index < -0.39 is 11.6 Å². The number of nitrogens with two attached hydrogens (primary N) is 1. The smallest absolute Gasteiger partial charge is 0.172 e. The first-order valence-electron chi connectivity index (χ1n) is 8.25. The van der Waals surface area contributed by atoms with Gasteiger partial charge in [0.25, 0.3) is 0 Å². The normalized spacial score (nSPS) is 14.6. The van der Waals surface area contributed by atoms with E-state index in [9.17, 15) is 9.50 Å². The van der Waals surface area contributed by atoms with Crippen LogP contribution in [0.5, 0.6) is 5.75 Å². The Morgan fingerprint density at radius 1 is 1.19 bits per heavy atom. The van der Waals surface area contributed by atoms with Gasteiger partial charge in [0, 0.05) is 31.7 Å². The van der Waals surface area contributed by atoms with E-state index in [0.29, 0.717) is 11.4 Å². The lowest BCUT2D eigenvalue weighted by molar-refractivity contribution is 0.434. The lowest BCUT2D eigenvalue weighted by Crippen LogP contribution is -2.43. The summed E-state index contributed by atoms with van der Waals surface area (Å²) < 4.78 is 15.2. The zero-order valence-corrected chi connectivity index (χ0v) is 13.9. The van der Waals surface area contributed by atoms with Crippen molar-refractivity contribution in [2.24, 2.45) is 0 Å². The van der Waals surface area contributed by atoms with E-state index in [0.717, 1.165) is 31.9 Å². The quantitative estimate of drug-likeness (QED) is 0.647. The van der Waals surface area contributed by atoms with Crippen LogP contribution in [0.2, 0.25) is 0 Å². The highest BCUT2D eigenvalue weighted by Gasteiger charge is 2.16. The van der Waals surface area contributed by atoms with Crippen molar-refractivity contribution in [3.63, 3.8) is 0 Å². The van der Waals surface area contributed by atoms with E-state index in [1.807, 2.05) is 6.20 Å². The van der Waals surface area contributed by atoms with Crippen molar-refractivity contribution in [1.29, 1.82) is 0 Å². The minimum atomic E-state index is -0.720. The highest BCUT2D eigenvalue weighted by Crippen LogP contribution is 2.31. The molecule has 0 spiro atoms. The predicted molar refractivity (Wildman–Crippen MR) is 95.7 cm³/mol. The third kappa shape index (κ3) is 2.93. The van der Waals surface area contributed by atoms with E-state index in [4.69, 9.17) is 5.73 Å². The van der Waals surface area contributed by atoms with Crippen LogP contribution in [0.4, 0.5) is 15.9 Å². The molecule has 0 unspecified atom stereocenters. The molecule has 8 nitrogen and oxygen atoms in total. The SMILES string of the molecule is Nc1nnc(-c2cccc(F)c2O)cc1-n1cc(N2CCNCC2)cn1. The molecule has 4 rings (SSSR count). The summed E-state index contributed by atoms with van der Waals surface area (Å²) in [6.07, 6.45) is 3.64. The van der Waals surface area contributed by atoms with E-state index in [-0.39, 0.29) is 11.4 Å². The molecule has 2 aromatic heterocycles. The van der Waals surface area contributed by atoms with Crippen molar-refractivity contribution in [3.8, 4) is 22.7 Å². The molecule has 3 heterocycles. The number of phenols is 1. The molecule has 0 amide bonds. The fourth-order valence-electron chi connectivity index (χ4n) is 2.96. The Morgan fingerprint density at radius 2 is 2.00 bits per heavy atom. The Morgan fingerprint density at radius 3 is 2.81 bits per heavy atom. The molecule has 134 valence electrons. The predicted octanol–water partition coefficient (Wildman–Crippen LogP) is 1.17. The monoisotopic (exact) mass is 355 g/mol. The Balaban J connectivity index is 1.71. The van der Waals surface area contributed by atoms with Gasteiger partial charge in [0.2, 0.25) is 0 Å². The summed E-state index contributed by atoms with van der Waals surface area (Å²) in [6, 6.07) is 5.87. The van der Waals surface area contributed by atoms with Gasteiger partial charge in [-0.05, 0) is 18.2 Å². The largest absolute Gasteiger partial charge is 0.504 e. The molecule has 0 aliphatic carbocycles. The number of benzene rings is 1. The third-order valence-corrected chi connectivity index (χ3v) is 4.36. The van der Waals surface area contributed by atoms with E-state index in [1.54, 1.807) is 23.0 Å². The first-order chi connectivity index (χ1) is 12.6. The number of nitrogens with zero attached hydrogens (tertiary/aromatic N) is 5. The molecule has 4 N–H and O–H groups in total. The molecule has 1 saturated heterocycles. The van der Waals surface area contributed by atoms with Gasteiger partial charge in [-0.3, -0.25) is 0 Å². The van der Waals surface area contributed by atoms with Crippen LogP contribution < -0.4 is 16.0 Å². The molecular weight excluding hydrogens is 337 g/mol. The van der Waals surface area contributed by atoms with Crippen LogP contribution in [0.1, 0.15) is 0 Å². The van der Waals surface area contributed by atoms with Gasteiger partial charge in [0.1, 0.15) is 5.69 Å². The first-order valence-corrected chi connectivity index (χ1v) is 8.25. The molecule has 26 heavy (non-hydrogen) atoms. The second kappa shape index (κ2) is 6.60. The Kier molecular flexibility index (Phi) is 4.13. The number of anilines is 2. The van der Waals surface area contributed by atoms with Crippen molar-refractivity contribution in [2.45, 2.75) is 0 Å². The van der Waals surface area contributed by atoms with E-state index >= 15 is 0 Å². The highest BCUT2D eigenvalue weighted by molar-refractivity contribution is 5.70. The number of nitrogen functional groups attached to an aromatic ring is 1. The molecule has 0 bridgehead atoms. The van der Waals surface area contributed by atoms with Gasteiger partial charge in [-0.15, -0.1) is 10.2 Å². The lowest BCUT2D eigenvalue weighted by atomic mass is 10.1. The maximum absolute atomic E-state index is 13.6. The van der Waals surface area contributed by atoms with Crippen molar-refractivity contribution in [1.82, 2.24) is 25.3 Å². The number of halogens is 1. The Hall–Kier alpha value is -3.20.